The molecule has 0 aliphatic rings. The van der Waals surface area contributed by atoms with E-state index in [1.165, 1.54) is 0 Å². The number of benzene rings is 1. The van der Waals surface area contributed by atoms with Gasteiger partial charge in [-0.15, -0.1) is 6.58 Å². The molecule has 0 radical (unpaired) electrons. The molecule has 8 heteroatoms. The number of rotatable bonds is 21. The lowest BCUT2D eigenvalue weighted by molar-refractivity contribution is 0.0812. The summed E-state index contributed by atoms with van der Waals surface area (Å²) in [6, 6.07) is 9.90. The first-order valence-corrected chi connectivity index (χ1v) is 13.5. The summed E-state index contributed by atoms with van der Waals surface area (Å²) in [5, 5.41) is 9.79. The fourth-order valence-corrected chi connectivity index (χ4v) is 3.52. The summed E-state index contributed by atoms with van der Waals surface area (Å²) in [7, 11) is 0. The topological polar surface area (TPSA) is 83.8 Å². The maximum atomic E-state index is 9.79. The number of nitrogens with zero attached hydrogens (tertiary/aromatic N) is 5. The molecule has 0 unspecified atom stereocenters. The van der Waals surface area contributed by atoms with E-state index in [1.54, 1.807) is 0 Å². The number of ether oxygens (including phenoxy) is 2. The maximum Gasteiger partial charge on any atom is 0.234 e. The molecule has 0 aliphatic carbocycles. The van der Waals surface area contributed by atoms with Crippen LogP contribution in [0.15, 0.2) is 55.3 Å². The molecule has 0 spiro atoms. The number of aromatic nitrogens is 3. The number of unbranched alkanes of at least 4 members (excludes halogenated alkanes) is 4. The van der Waals surface area contributed by atoms with E-state index >= 15 is 0 Å². The van der Waals surface area contributed by atoms with Crippen molar-refractivity contribution in [3.05, 3.63) is 55.3 Å². The molecule has 1 N–H and O–H groups in total. The highest BCUT2D eigenvalue weighted by Crippen LogP contribution is 2.22. The van der Waals surface area contributed by atoms with Crippen molar-refractivity contribution in [1.29, 1.82) is 0 Å². The molecule has 0 fully saturated rings. The van der Waals surface area contributed by atoms with E-state index in [2.05, 4.69) is 31.9 Å². The van der Waals surface area contributed by atoms with Gasteiger partial charge in [0.2, 0.25) is 11.9 Å². The summed E-state index contributed by atoms with van der Waals surface area (Å²) in [5.41, 5.74) is 0.907. The molecule has 0 aliphatic heterocycles. The van der Waals surface area contributed by atoms with Crippen molar-refractivity contribution in [3.63, 3.8) is 0 Å². The van der Waals surface area contributed by atoms with Crippen LogP contribution in [-0.4, -0.2) is 59.8 Å². The van der Waals surface area contributed by atoms with Gasteiger partial charge in [0.1, 0.15) is 13.5 Å². The van der Waals surface area contributed by atoms with Gasteiger partial charge in [-0.3, -0.25) is 4.90 Å². The van der Waals surface area contributed by atoms with E-state index in [0.29, 0.717) is 57.4 Å². The zero-order chi connectivity index (χ0) is 26.7. The Hall–Kier alpha value is -2.97. The molecule has 204 valence electrons. The van der Waals surface area contributed by atoms with Crippen molar-refractivity contribution in [1.82, 2.24) is 15.0 Å². The van der Waals surface area contributed by atoms with Crippen molar-refractivity contribution < 1.29 is 14.6 Å². The molecule has 0 atom stereocenters. The molecule has 0 saturated heterocycles. The van der Waals surface area contributed by atoms with Crippen LogP contribution >= 0.6 is 0 Å². The van der Waals surface area contributed by atoms with Crippen molar-refractivity contribution >= 4 is 11.9 Å². The predicted octanol–water partition coefficient (Wildman–Crippen LogP) is 6.52. The van der Waals surface area contributed by atoms with Crippen LogP contribution < -0.4 is 9.80 Å². The highest BCUT2D eigenvalue weighted by atomic mass is 16.5. The third-order valence-corrected chi connectivity index (χ3v) is 5.74. The minimum atomic E-state index is 0.143. The first kappa shape index (κ1) is 30.3. The third kappa shape index (κ3) is 11.7. The second kappa shape index (κ2) is 18.3. The summed E-state index contributed by atoms with van der Waals surface area (Å²) in [6.45, 7) is 15.1. The molecule has 1 heterocycles. The quantitative estimate of drug-likeness (QED) is 0.0878. The Kier molecular flexibility index (Phi) is 15.0. The van der Waals surface area contributed by atoms with Crippen LogP contribution in [0.4, 0.5) is 11.9 Å². The molecule has 37 heavy (non-hydrogen) atoms. The van der Waals surface area contributed by atoms with Crippen LogP contribution in [0.25, 0.3) is 11.4 Å². The number of aliphatic hydroxyl groups is 1. The molecular formula is C29H45N5O3. The van der Waals surface area contributed by atoms with Crippen LogP contribution in [-0.2, 0) is 9.47 Å². The van der Waals surface area contributed by atoms with Crippen molar-refractivity contribution in [2.75, 3.05) is 49.6 Å². The summed E-state index contributed by atoms with van der Waals surface area (Å²) in [6.07, 6.45) is 9.42. The zero-order valence-electron chi connectivity index (χ0n) is 22.8. The van der Waals surface area contributed by atoms with Crippen LogP contribution in [0.2, 0.25) is 0 Å². The monoisotopic (exact) mass is 511 g/mol. The predicted molar refractivity (Wildman–Crippen MR) is 152 cm³/mol. The minimum absolute atomic E-state index is 0.143. The standard InChI is InChI=1S/C29H45N5O3/c1-5-8-11-15-19-33(20-18-25(4)35)28-30-27(26-16-13-12-14-17-26)31-29(32-28)34(23-36-21-9-6-2)24-37-22-10-7-3/h5,12-14,16-17,35H,1,4,6-11,15,18-24H2,2-3H3. The maximum absolute atomic E-state index is 9.79. The summed E-state index contributed by atoms with van der Waals surface area (Å²) < 4.78 is 11.9. The number of hydrogen-bond donors (Lipinski definition) is 1. The largest absolute Gasteiger partial charge is 0.513 e. The van der Waals surface area contributed by atoms with E-state index < -0.39 is 0 Å². The molecule has 0 bridgehead atoms. The van der Waals surface area contributed by atoms with E-state index in [-0.39, 0.29) is 5.76 Å². The van der Waals surface area contributed by atoms with Crippen molar-refractivity contribution in [2.24, 2.45) is 0 Å². The minimum Gasteiger partial charge on any atom is -0.513 e. The normalized spacial score (nSPS) is 10.9. The highest BCUT2D eigenvalue weighted by Gasteiger charge is 2.19. The van der Waals surface area contributed by atoms with Crippen LogP contribution in [0.5, 0.6) is 0 Å². The fraction of sp³-hybridized carbons (Fsp3) is 0.552. The van der Waals surface area contributed by atoms with E-state index in [4.69, 9.17) is 24.4 Å². The molecule has 8 nitrogen and oxygen atoms in total. The van der Waals surface area contributed by atoms with Crippen LogP contribution in [0.3, 0.4) is 0 Å². The van der Waals surface area contributed by atoms with Gasteiger partial charge in [0.25, 0.3) is 0 Å². The number of hydrogen-bond acceptors (Lipinski definition) is 8. The molecule has 1 aromatic carbocycles. The van der Waals surface area contributed by atoms with Gasteiger partial charge in [-0.25, -0.2) is 0 Å². The Labute approximate surface area is 223 Å². The molecule has 2 aromatic rings. The van der Waals surface area contributed by atoms with Crippen LogP contribution in [0, 0.1) is 0 Å². The molecule has 0 amide bonds. The van der Waals surface area contributed by atoms with Crippen molar-refractivity contribution in [2.45, 2.75) is 65.2 Å². The smallest absolute Gasteiger partial charge is 0.234 e. The molecule has 0 saturated carbocycles. The lowest BCUT2D eigenvalue weighted by Crippen LogP contribution is -2.33. The van der Waals surface area contributed by atoms with Gasteiger partial charge >= 0.3 is 0 Å². The lowest BCUT2D eigenvalue weighted by atomic mass is 10.2. The van der Waals surface area contributed by atoms with Gasteiger partial charge in [-0.2, -0.15) is 15.0 Å². The summed E-state index contributed by atoms with van der Waals surface area (Å²) in [4.78, 5) is 18.6. The Morgan fingerprint density at radius 1 is 0.865 bits per heavy atom. The van der Waals surface area contributed by atoms with Gasteiger partial charge in [-0.05, 0) is 32.1 Å². The third-order valence-electron chi connectivity index (χ3n) is 5.74. The Morgan fingerprint density at radius 2 is 1.49 bits per heavy atom. The molecule has 1 aromatic heterocycles. The van der Waals surface area contributed by atoms with Gasteiger partial charge in [0.05, 0.1) is 5.76 Å². The van der Waals surface area contributed by atoms with Gasteiger partial charge in [-0.1, -0.05) is 69.7 Å². The van der Waals surface area contributed by atoms with E-state index in [1.807, 2.05) is 41.3 Å². The number of anilines is 2. The van der Waals surface area contributed by atoms with Gasteiger partial charge < -0.3 is 19.5 Å². The van der Waals surface area contributed by atoms with Crippen LogP contribution in [0.1, 0.15) is 65.2 Å². The second-order valence-electron chi connectivity index (χ2n) is 9.03. The highest BCUT2D eigenvalue weighted by molar-refractivity contribution is 5.58. The molecule has 2 rings (SSSR count). The Bertz CT molecular complexity index is 898. The van der Waals surface area contributed by atoms with Crippen molar-refractivity contribution in [3.8, 4) is 11.4 Å². The first-order chi connectivity index (χ1) is 18.1. The van der Waals surface area contributed by atoms with E-state index in [9.17, 15) is 5.11 Å². The average molecular weight is 512 g/mol. The summed E-state index contributed by atoms with van der Waals surface area (Å²) in [5.74, 6) is 1.81. The lowest BCUT2D eigenvalue weighted by Gasteiger charge is -2.26. The van der Waals surface area contributed by atoms with Gasteiger partial charge in [0.15, 0.2) is 5.82 Å². The SMILES string of the molecule is C=CCCCCN(CCC(=C)O)c1nc(-c2ccccc2)nc(N(COCCCC)COCCCC)n1. The zero-order valence-corrected chi connectivity index (χ0v) is 22.8. The average Bonchev–Trinajstić information content (AvgIpc) is 2.92. The number of aliphatic hydroxyl groups excluding tert-OH is 1. The Morgan fingerprint density at radius 3 is 2.05 bits per heavy atom. The van der Waals surface area contributed by atoms with Gasteiger partial charge in [0, 0.05) is 38.3 Å². The molecular weight excluding hydrogens is 466 g/mol. The first-order valence-electron chi connectivity index (χ1n) is 13.5. The summed E-state index contributed by atoms with van der Waals surface area (Å²) >= 11 is 0. The fourth-order valence-electron chi connectivity index (χ4n) is 3.52. The number of allylic oxidation sites excluding steroid dienone is 1. The Balaban J connectivity index is 2.42. The van der Waals surface area contributed by atoms with E-state index in [0.717, 1.165) is 57.1 Å². The second-order valence-corrected chi connectivity index (χ2v) is 9.03.